The van der Waals surface area contributed by atoms with E-state index in [1.807, 2.05) is 0 Å². The molecule has 1 aromatic rings. The molecular formula is C16H15NO5. The molecule has 114 valence electrons. The molecule has 3 rings (SSSR count). The van der Waals surface area contributed by atoms with Crippen LogP contribution in [0.5, 0.6) is 0 Å². The summed E-state index contributed by atoms with van der Waals surface area (Å²) >= 11 is 0. The lowest BCUT2D eigenvalue weighted by molar-refractivity contribution is -0.129. The number of hydrogen-bond acceptors (Lipinski definition) is 5. The van der Waals surface area contributed by atoms with Gasteiger partial charge in [-0.1, -0.05) is 0 Å². The highest BCUT2D eigenvalue weighted by atomic mass is 16.5. The van der Waals surface area contributed by atoms with Crippen molar-refractivity contribution < 1.29 is 23.9 Å². The second kappa shape index (κ2) is 5.36. The van der Waals surface area contributed by atoms with E-state index >= 15 is 0 Å². The third kappa shape index (κ3) is 2.30. The van der Waals surface area contributed by atoms with Gasteiger partial charge in [-0.3, -0.25) is 19.3 Å². The van der Waals surface area contributed by atoms with Crippen molar-refractivity contribution in [1.82, 2.24) is 4.90 Å². The minimum absolute atomic E-state index is 0.0632. The number of fused-ring (bicyclic) bond motifs is 1. The van der Waals surface area contributed by atoms with Crippen LogP contribution in [-0.2, 0) is 9.53 Å². The summed E-state index contributed by atoms with van der Waals surface area (Å²) in [4.78, 5) is 48.6. The Hall–Kier alpha value is -2.50. The van der Waals surface area contributed by atoms with Gasteiger partial charge in [0.05, 0.1) is 16.7 Å². The van der Waals surface area contributed by atoms with Gasteiger partial charge in [-0.2, -0.15) is 0 Å². The van der Waals surface area contributed by atoms with Crippen molar-refractivity contribution in [2.24, 2.45) is 0 Å². The summed E-state index contributed by atoms with van der Waals surface area (Å²) in [6.07, 6.45) is 1.95. The van der Waals surface area contributed by atoms with E-state index in [0.717, 1.165) is 17.7 Å². The van der Waals surface area contributed by atoms with Gasteiger partial charge in [0.1, 0.15) is 0 Å². The Balaban J connectivity index is 1.81. The van der Waals surface area contributed by atoms with E-state index in [0.29, 0.717) is 12.8 Å². The fourth-order valence-corrected chi connectivity index (χ4v) is 2.76. The summed E-state index contributed by atoms with van der Waals surface area (Å²) < 4.78 is 5.24. The molecule has 1 atom stereocenters. The van der Waals surface area contributed by atoms with Crippen LogP contribution in [0, 0.1) is 0 Å². The van der Waals surface area contributed by atoms with Crippen LogP contribution in [0.2, 0.25) is 0 Å². The molecule has 0 spiro atoms. The van der Waals surface area contributed by atoms with Crippen LogP contribution in [0.1, 0.15) is 56.8 Å². The number of esters is 1. The number of imide groups is 1. The molecule has 1 aliphatic carbocycles. The number of carbonyl (C=O) groups is 4. The van der Waals surface area contributed by atoms with Crippen LogP contribution in [-0.4, -0.2) is 41.6 Å². The molecule has 1 saturated carbocycles. The number of benzene rings is 1. The summed E-state index contributed by atoms with van der Waals surface area (Å²) in [6.45, 7) is 0. The van der Waals surface area contributed by atoms with Gasteiger partial charge in [0.2, 0.25) is 0 Å². The van der Waals surface area contributed by atoms with Gasteiger partial charge in [0.25, 0.3) is 11.8 Å². The van der Waals surface area contributed by atoms with Gasteiger partial charge in [0.15, 0.2) is 11.9 Å². The van der Waals surface area contributed by atoms with E-state index in [4.69, 9.17) is 4.74 Å². The molecule has 22 heavy (non-hydrogen) atoms. The van der Waals surface area contributed by atoms with Gasteiger partial charge < -0.3 is 4.74 Å². The maximum absolute atomic E-state index is 12.1. The first kappa shape index (κ1) is 14.4. The maximum atomic E-state index is 12.1. The molecule has 0 bridgehead atoms. The molecule has 0 aromatic heterocycles. The van der Waals surface area contributed by atoms with Gasteiger partial charge in [-0.25, -0.2) is 4.79 Å². The fraction of sp³-hybridized carbons (Fsp3) is 0.375. The van der Waals surface area contributed by atoms with Gasteiger partial charge in [-0.05, 0) is 37.5 Å². The Morgan fingerprint density at radius 3 is 2.59 bits per heavy atom. The van der Waals surface area contributed by atoms with E-state index in [2.05, 4.69) is 0 Å². The van der Waals surface area contributed by atoms with Crippen molar-refractivity contribution in [1.29, 1.82) is 0 Å². The van der Waals surface area contributed by atoms with Crippen molar-refractivity contribution in [3.63, 3.8) is 0 Å². The molecule has 0 radical (unpaired) electrons. The van der Waals surface area contributed by atoms with Crippen molar-refractivity contribution in [3.05, 3.63) is 34.9 Å². The normalized spacial score (nSPS) is 21.0. The number of amides is 2. The predicted molar refractivity (Wildman–Crippen MR) is 75.5 cm³/mol. The first-order valence-electron chi connectivity index (χ1n) is 7.19. The minimum atomic E-state index is -0.700. The van der Waals surface area contributed by atoms with Crippen molar-refractivity contribution in [3.8, 4) is 0 Å². The molecule has 6 heteroatoms. The zero-order valence-electron chi connectivity index (χ0n) is 12.1. The number of hydrogen-bond donors (Lipinski definition) is 0. The SMILES string of the molecule is CN1C(=O)c2ccc(C(=O)OC3CCCCC3=O)cc2C1=O. The minimum Gasteiger partial charge on any atom is -0.451 e. The standard InChI is InChI=1S/C16H15NO5/c1-17-14(19)10-7-6-9(8-11(10)15(17)20)16(21)22-13-5-3-2-4-12(13)18/h6-8,13H,2-5H2,1H3. The number of ketones is 1. The zero-order chi connectivity index (χ0) is 15.9. The Morgan fingerprint density at radius 2 is 1.86 bits per heavy atom. The van der Waals surface area contributed by atoms with Crippen LogP contribution >= 0.6 is 0 Å². The smallest absolute Gasteiger partial charge is 0.338 e. The Morgan fingerprint density at radius 1 is 1.14 bits per heavy atom. The second-order valence-electron chi connectivity index (χ2n) is 5.54. The predicted octanol–water partition coefficient (Wildman–Crippen LogP) is 1.58. The molecule has 1 unspecified atom stereocenters. The molecule has 1 aromatic carbocycles. The molecule has 6 nitrogen and oxygen atoms in total. The molecule has 0 N–H and O–H groups in total. The van der Waals surface area contributed by atoms with E-state index in [-0.39, 0.29) is 28.4 Å². The van der Waals surface area contributed by atoms with Crippen molar-refractivity contribution >= 4 is 23.6 Å². The third-order valence-corrected chi connectivity index (χ3v) is 4.07. The van der Waals surface area contributed by atoms with Crippen LogP contribution < -0.4 is 0 Å². The van der Waals surface area contributed by atoms with E-state index in [9.17, 15) is 19.2 Å². The Bertz CT molecular complexity index is 694. The Labute approximate surface area is 127 Å². The number of rotatable bonds is 2. The quantitative estimate of drug-likeness (QED) is 0.612. The van der Waals surface area contributed by atoms with Gasteiger partial charge in [0, 0.05) is 13.5 Å². The zero-order valence-corrected chi connectivity index (χ0v) is 12.1. The fourth-order valence-electron chi connectivity index (χ4n) is 2.76. The number of Topliss-reactive ketones (excluding diaryl/α,β-unsaturated/α-hetero) is 1. The topological polar surface area (TPSA) is 80.8 Å². The molecule has 1 aliphatic heterocycles. The lowest BCUT2D eigenvalue weighted by Gasteiger charge is -2.20. The number of nitrogens with zero attached hydrogens (tertiary/aromatic N) is 1. The summed E-state index contributed by atoms with van der Waals surface area (Å²) in [5.74, 6) is -1.53. The van der Waals surface area contributed by atoms with Crippen LogP contribution in [0.15, 0.2) is 18.2 Å². The lowest BCUT2D eigenvalue weighted by Crippen LogP contribution is -2.30. The highest BCUT2D eigenvalue weighted by Crippen LogP contribution is 2.24. The summed E-state index contributed by atoms with van der Waals surface area (Å²) in [5.41, 5.74) is 0.642. The second-order valence-corrected chi connectivity index (χ2v) is 5.54. The Kier molecular flexibility index (Phi) is 3.52. The molecule has 2 aliphatic rings. The molecule has 1 fully saturated rings. The monoisotopic (exact) mass is 301 g/mol. The highest BCUT2D eigenvalue weighted by molar-refractivity contribution is 6.21. The van der Waals surface area contributed by atoms with Crippen molar-refractivity contribution in [2.45, 2.75) is 31.8 Å². The average molecular weight is 301 g/mol. The first-order valence-corrected chi connectivity index (χ1v) is 7.19. The van der Waals surface area contributed by atoms with Crippen molar-refractivity contribution in [2.75, 3.05) is 7.05 Å². The maximum Gasteiger partial charge on any atom is 0.338 e. The van der Waals surface area contributed by atoms with Crippen LogP contribution in [0.4, 0.5) is 0 Å². The van der Waals surface area contributed by atoms with Crippen LogP contribution in [0.3, 0.4) is 0 Å². The van der Waals surface area contributed by atoms with Gasteiger partial charge >= 0.3 is 5.97 Å². The molecule has 1 heterocycles. The van der Waals surface area contributed by atoms with E-state index in [1.54, 1.807) is 0 Å². The lowest BCUT2D eigenvalue weighted by atomic mass is 9.96. The largest absolute Gasteiger partial charge is 0.451 e. The first-order chi connectivity index (χ1) is 10.5. The van der Waals surface area contributed by atoms with E-state index in [1.165, 1.54) is 25.2 Å². The summed E-state index contributed by atoms with van der Waals surface area (Å²) in [5, 5.41) is 0. The number of ether oxygens (including phenoxy) is 1. The van der Waals surface area contributed by atoms with Gasteiger partial charge in [-0.15, -0.1) is 0 Å². The molecule has 0 saturated heterocycles. The van der Waals surface area contributed by atoms with E-state index < -0.39 is 18.0 Å². The highest BCUT2D eigenvalue weighted by Gasteiger charge is 2.34. The average Bonchev–Trinajstić information content (AvgIpc) is 2.74. The third-order valence-electron chi connectivity index (χ3n) is 4.07. The summed E-state index contributed by atoms with van der Waals surface area (Å²) in [6, 6.07) is 4.24. The number of carbonyl (C=O) groups excluding carboxylic acids is 4. The molecular weight excluding hydrogens is 286 g/mol. The summed E-state index contributed by atoms with van der Waals surface area (Å²) in [7, 11) is 1.39. The molecule has 2 amide bonds. The van der Waals surface area contributed by atoms with Crippen LogP contribution in [0.25, 0.3) is 0 Å².